The van der Waals surface area contributed by atoms with Crippen LogP contribution in [-0.2, 0) is 9.59 Å². The molecule has 98 valence electrons. The average molecular weight is 257 g/mol. The van der Waals surface area contributed by atoms with E-state index in [9.17, 15) is 14.4 Å². The van der Waals surface area contributed by atoms with Gasteiger partial charge >= 0.3 is 0 Å². The number of rotatable bonds is 3. The molecule has 2 amide bonds. The summed E-state index contributed by atoms with van der Waals surface area (Å²) in [4.78, 5) is 36.4. The predicted octanol–water partition coefficient (Wildman–Crippen LogP) is 2.34. The van der Waals surface area contributed by atoms with Crippen molar-refractivity contribution in [2.75, 3.05) is 4.90 Å². The predicted molar refractivity (Wildman–Crippen MR) is 71.9 cm³/mol. The molecular weight excluding hydrogens is 242 g/mol. The Morgan fingerprint density at radius 1 is 1.11 bits per heavy atom. The maximum atomic E-state index is 11.8. The van der Waals surface area contributed by atoms with Crippen LogP contribution in [0.2, 0.25) is 0 Å². The second kappa shape index (κ2) is 4.80. The molecule has 0 bridgehead atoms. The summed E-state index contributed by atoms with van der Waals surface area (Å²) in [5.74, 6) is -0.692. The van der Waals surface area contributed by atoms with Crippen molar-refractivity contribution in [3.05, 3.63) is 41.5 Å². The van der Waals surface area contributed by atoms with Crippen LogP contribution < -0.4 is 4.90 Å². The minimum absolute atomic E-state index is 0.0416. The van der Waals surface area contributed by atoms with Gasteiger partial charge in [-0.05, 0) is 31.2 Å². The summed E-state index contributed by atoms with van der Waals surface area (Å²) in [5.41, 5.74) is 1.50. The van der Waals surface area contributed by atoms with Gasteiger partial charge in [-0.2, -0.15) is 0 Å². The molecule has 0 saturated carbocycles. The summed E-state index contributed by atoms with van der Waals surface area (Å²) in [6.07, 6.45) is 1.31. The topological polar surface area (TPSA) is 54.5 Å². The summed E-state index contributed by atoms with van der Waals surface area (Å²) in [6.45, 7) is 5.27. The first-order valence-electron chi connectivity index (χ1n) is 6.13. The minimum Gasteiger partial charge on any atom is -0.294 e. The van der Waals surface area contributed by atoms with Crippen LogP contribution in [0, 0.1) is 5.92 Å². The number of nitrogens with zero attached hydrogens (tertiary/aromatic N) is 1. The number of carbonyl (C=O) groups excluding carboxylic acids is 3. The molecule has 0 spiro atoms. The van der Waals surface area contributed by atoms with E-state index in [0.717, 1.165) is 4.90 Å². The number of anilines is 1. The molecule has 1 heterocycles. The zero-order chi connectivity index (χ0) is 14.2. The fourth-order valence-corrected chi connectivity index (χ4v) is 1.94. The number of imide groups is 1. The van der Waals surface area contributed by atoms with Crippen LogP contribution in [-0.4, -0.2) is 17.6 Å². The van der Waals surface area contributed by atoms with Crippen molar-refractivity contribution in [2.24, 2.45) is 5.92 Å². The van der Waals surface area contributed by atoms with Crippen molar-refractivity contribution in [1.82, 2.24) is 0 Å². The average Bonchev–Trinajstić information content (AvgIpc) is 2.62. The Bertz CT molecular complexity index is 582. The Morgan fingerprint density at radius 2 is 1.68 bits per heavy atom. The van der Waals surface area contributed by atoms with Gasteiger partial charge in [0.2, 0.25) is 0 Å². The van der Waals surface area contributed by atoms with Gasteiger partial charge in [0.1, 0.15) is 0 Å². The van der Waals surface area contributed by atoms with Crippen molar-refractivity contribution in [1.29, 1.82) is 0 Å². The van der Waals surface area contributed by atoms with Crippen LogP contribution in [0.25, 0.3) is 0 Å². The Labute approximate surface area is 111 Å². The molecule has 0 N–H and O–H groups in total. The zero-order valence-electron chi connectivity index (χ0n) is 11.1. The highest BCUT2D eigenvalue weighted by molar-refractivity contribution is 6.30. The standard InChI is InChI=1S/C15H15NO3/c1-9(2)14(18)11-4-6-12(7-5-11)16-13(17)8-10(3)15(16)19/h4-9H,1-3H3. The smallest absolute Gasteiger partial charge is 0.261 e. The number of hydrogen-bond donors (Lipinski definition) is 0. The molecule has 0 aromatic heterocycles. The van der Waals surface area contributed by atoms with Gasteiger partial charge in [0.05, 0.1) is 5.69 Å². The molecule has 0 saturated heterocycles. The monoisotopic (exact) mass is 257 g/mol. The third-order valence-electron chi connectivity index (χ3n) is 3.04. The van der Waals surface area contributed by atoms with Crippen LogP contribution in [0.5, 0.6) is 0 Å². The molecule has 0 fully saturated rings. The third kappa shape index (κ3) is 2.34. The molecule has 1 aliphatic heterocycles. The first kappa shape index (κ1) is 13.2. The van der Waals surface area contributed by atoms with Crippen molar-refractivity contribution in [3.63, 3.8) is 0 Å². The van der Waals surface area contributed by atoms with E-state index >= 15 is 0 Å². The van der Waals surface area contributed by atoms with Crippen molar-refractivity contribution < 1.29 is 14.4 Å². The van der Waals surface area contributed by atoms with Gasteiger partial charge in [0.25, 0.3) is 11.8 Å². The van der Waals surface area contributed by atoms with Crippen LogP contribution in [0.3, 0.4) is 0 Å². The molecule has 0 atom stereocenters. The number of amides is 2. The first-order chi connectivity index (χ1) is 8.91. The highest BCUT2D eigenvalue weighted by Crippen LogP contribution is 2.23. The molecule has 1 aliphatic rings. The summed E-state index contributed by atoms with van der Waals surface area (Å²) in [5, 5.41) is 0. The minimum atomic E-state index is -0.342. The van der Waals surface area contributed by atoms with E-state index in [-0.39, 0.29) is 23.5 Å². The lowest BCUT2D eigenvalue weighted by molar-refractivity contribution is -0.120. The van der Waals surface area contributed by atoms with Crippen LogP contribution >= 0.6 is 0 Å². The lowest BCUT2D eigenvalue weighted by Gasteiger charge is -2.15. The van der Waals surface area contributed by atoms with Gasteiger partial charge in [-0.25, -0.2) is 4.90 Å². The number of Topliss-reactive ketones (excluding diaryl/α,β-unsaturated/α-hetero) is 1. The third-order valence-corrected chi connectivity index (χ3v) is 3.04. The van der Waals surface area contributed by atoms with Gasteiger partial charge in [-0.3, -0.25) is 14.4 Å². The molecule has 0 unspecified atom stereocenters. The lowest BCUT2D eigenvalue weighted by Crippen LogP contribution is -2.30. The first-order valence-corrected chi connectivity index (χ1v) is 6.13. The van der Waals surface area contributed by atoms with Crippen LogP contribution in [0.15, 0.2) is 35.9 Å². The Hall–Kier alpha value is -2.23. The lowest BCUT2D eigenvalue weighted by atomic mass is 10.0. The van der Waals surface area contributed by atoms with Crippen molar-refractivity contribution in [3.8, 4) is 0 Å². The van der Waals surface area contributed by atoms with E-state index in [4.69, 9.17) is 0 Å². The fraction of sp³-hybridized carbons (Fsp3) is 0.267. The summed E-state index contributed by atoms with van der Waals surface area (Å²) in [7, 11) is 0. The molecule has 4 nitrogen and oxygen atoms in total. The van der Waals surface area contributed by atoms with Crippen molar-refractivity contribution in [2.45, 2.75) is 20.8 Å². The van der Waals surface area contributed by atoms with Gasteiger partial charge in [-0.15, -0.1) is 0 Å². The number of benzene rings is 1. The molecule has 1 aromatic rings. The second-order valence-corrected chi connectivity index (χ2v) is 4.87. The highest BCUT2D eigenvalue weighted by atomic mass is 16.2. The summed E-state index contributed by atoms with van der Waals surface area (Å²) in [6, 6.07) is 6.54. The maximum absolute atomic E-state index is 11.8. The summed E-state index contributed by atoms with van der Waals surface area (Å²) >= 11 is 0. The van der Waals surface area contributed by atoms with E-state index < -0.39 is 0 Å². The molecule has 1 aromatic carbocycles. The van der Waals surface area contributed by atoms with Gasteiger partial charge < -0.3 is 0 Å². The normalized spacial score (nSPS) is 15.2. The number of carbonyl (C=O) groups is 3. The highest BCUT2D eigenvalue weighted by Gasteiger charge is 2.29. The van der Waals surface area contributed by atoms with E-state index in [1.54, 1.807) is 31.2 Å². The van der Waals surface area contributed by atoms with Crippen LogP contribution in [0.4, 0.5) is 5.69 Å². The Balaban J connectivity index is 2.27. The number of ketones is 1. The number of hydrogen-bond acceptors (Lipinski definition) is 3. The second-order valence-electron chi connectivity index (χ2n) is 4.87. The van der Waals surface area contributed by atoms with Gasteiger partial charge in [0.15, 0.2) is 5.78 Å². The Kier molecular flexibility index (Phi) is 3.34. The van der Waals surface area contributed by atoms with Crippen LogP contribution in [0.1, 0.15) is 31.1 Å². The zero-order valence-corrected chi connectivity index (χ0v) is 11.1. The van der Waals surface area contributed by atoms with Gasteiger partial charge in [-0.1, -0.05) is 13.8 Å². The molecule has 4 heteroatoms. The SMILES string of the molecule is CC1=CC(=O)N(c2ccc(C(=O)C(C)C)cc2)C1=O. The van der Waals surface area contributed by atoms with E-state index in [1.165, 1.54) is 6.08 Å². The van der Waals surface area contributed by atoms with Crippen molar-refractivity contribution >= 4 is 23.3 Å². The van der Waals surface area contributed by atoms with E-state index in [2.05, 4.69) is 0 Å². The molecule has 2 rings (SSSR count). The molecular formula is C15H15NO3. The summed E-state index contributed by atoms with van der Waals surface area (Å²) < 4.78 is 0. The molecule has 0 radical (unpaired) electrons. The molecule has 19 heavy (non-hydrogen) atoms. The largest absolute Gasteiger partial charge is 0.294 e. The van der Waals surface area contributed by atoms with Gasteiger partial charge in [0, 0.05) is 23.1 Å². The molecule has 0 aliphatic carbocycles. The van der Waals surface area contributed by atoms with E-state index in [0.29, 0.717) is 16.8 Å². The quantitative estimate of drug-likeness (QED) is 0.617. The van der Waals surface area contributed by atoms with E-state index in [1.807, 2.05) is 13.8 Å². The maximum Gasteiger partial charge on any atom is 0.261 e. The Morgan fingerprint density at radius 3 is 2.11 bits per heavy atom. The fourth-order valence-electron chi connectivity index (χ4n) is 1.94.